The van der Waals surface area contributed by atoms with E-state index in [2.05, 4.69) is 10.3 Å². The molecule has 0 saturated carbocycles. The van der Waals surface area contributed by atoms with Gasteiger partial charge in [-0.25, -0.2) is 18.6 Å². The Morgan fingerprint density at radius 3 is 2.79 bits per heavy atom. The smallest absolute Gasteiger partial charge is 0.354 e. The highest BCUT2D eigenvalue weighted by atomic mass is 19.1. The monoisotopic (exact) mass is 264 g/mol. The van der Waals surface area contributed by atoms with Crippen LogP contribution in [0.25, 0.3) is 0 Å². The molecule has 0 atom stereocenters. The van der Waals surface area contributed by atoms with Crippen molar-refractivity contribution in [2.24, 2.45) is 0 Å². The van der Waals surface area contributed by atoms with E-state index in [9.17, 15) is 13.6 Å². The number of carbonyl (C=O) groups is 1. The molecule has 19 heavy (non-hydrogen) atoms. The molecule has 0 fully saturated rings. The molecule has 6 heteroatoms. The lowest BCUT2D eigenvalue weighted by atomic mass is 10.2. The van der Waals surface area contributed by atoms with Crippen molar-refractivity contribution in [2.45, 2.75) is 6.54 Å². The highest BCUT2D eigenvalue weighted by Gasteiger charge is 2.06. The van der Waals surface area contributed by atoms with Gasteiger partial charge in [-0.05, 0) is 30.3 Å². The molecule has 2 N–H and O–H groups in total. The SMILES string of the molecule is O=C(O)c1cc(NCc2cc(F)ccc2F)ccn1. The standard InChI is InChI=1S/C13H10F2N2O2/c14-9-1-2-11(15)8(5-9)7-17-10-3-4-16-12(6-10)13(18)19/h1-6H,7H2,(H,16,17)(H,18,19). The number of aromatic nitrogens is 1. The molecule has 0 aliphatic heterocycles. The largest absolute Gasteiger partial charge is 0.477 e. The van der Waals surface area contributed by atoms with Crippen molar-refractivity contribution in [2.75, 3.05) is 5.32 Å². The van der Waals surface area contributed by atoms with E-state index >= 15 is 0 Å². The first-order valence-electron chi connectivity index (χ1n) is 5.43. The van der Waals surface area contributed by atoms with Gasteiger partial charge in [-0.2, -0.15) is 0 Å². The van der Waals surface area contributed by atoms with Crippen molar-refractivity contribution in [3.63, 3.8) is 0 Å². The summed E-state index contributed by atoms with van der Waals surface area (Å²) in [6, 6.07) is 6.03. The first-order chi connectivity index (χ1) is 9.06. The van der Waals surface area contributed by atoms with Crippen LogP contribution in [0.1, 0.15) is 16.1 Å². The van der Waals surface area contributed by atoms with Crippen LogP contribution < -0.4 is 5.32 Å². The Morgan fingerprint density at radius 1 is 1.26 bits per heavy atom. The van der Waals surface area contributed by atoms with Crippen molar-refractivity contribution in [1.29, 1.82) is 0 Å². The summed E-state index contributed by atoms with van der Waals surface area (Å²) >= 11 is 0. The highest BCUT2D eigenvalue weighted by molar-refractivity contribution is 5.86. The van der Waals surface area contributed by atoms with Crippen molar-refractivity contribution in [3.8, 4) is 0 Å². The van der Waals surface area contributed by atoms with Crippen molar-refractivity contribution in [1.82, 2.24) is 4.98 Å². The minimum Gasteiger partial charge on any atom is -0.477 e. The Kier molecular flexibility index (Phi) is 3.70. The van der Waals surface area contributed by atoms with Crippen LogP contribution in [0.4, 0.5) is 14.5 Å². The first kappa shape index (κ1) is 12.9. The van der Waals surface area contributed by atoms with E-state index in [1.165, 1.54) is 12.3 Å². The molecule has 0 unspecified atom stereocenters. The van der Waals surface area contributed by atoms with Crippen LogP contribution in [-0.4, -0.2) is 16.1 Å². The number of rotatable bonds is 4. The molecule has 1 heterocycles. The van der Waals surface area contributed by atoms with Crippen molar-refractivity contribution in [3.05, 3.63) is 59.4 Å². The minimum absolute atomic E-state index is 0.0483. The maximum atomic E-state index is 13.4. The van der Waals surface area contributed by atoms with Crippen LogP contribution in [-0.2, 0) is 6.54 Å². The number of hydrogen-bond acceptors (Lipinski definition) is 3. The molecule has 0 radical (unpaired) electrons. The number of carboxylic acids is 1. The van der Waals surface area contributed by atoms with Crippen LogP contribution >= 0.6 is 0 Å². The van der Waals surface area contributed by atoms with Crippen LogP contribution in [0.2, 0.25) is 0 Å². The van der Waals surface area contributed by atoms with Gasteiger partial charge < -0.3 is 10.4 Å². The number of hydrogen-bond donors (Lipinski definition) is 2. The van der Waals surface area contributed by atoms with Crippen molar-refractivity contribution < 1.29 is 18.7 Å². The summed E-state index contributed by atoms with van der Waals surface area (Å²) in [7, 11) is 0. The average molecular weight is 264 g/mol. The third kappa shape index (κ3) is 3.25. The van der Waals surface area contributed by atoms with Crippen LogP contribution in [0.5, 0.6) is 0 Å². The fraction of sp³-hybridized carbons (Fsp3) is 0.0769. The van der Waals surface area contributed by atoms with Gasteiger partial charge in [0.15, 0.2) is 0 Å². The Balaban J connectivity index is 2.12. The van der Waals surface area contributed by atoms with E-state index in [1.54, 1.807) is 6.07 Å². The Hall–Kier alpha value is -2.50. The molecule has 0 saturated heterocycles. The number of benzene rings is 1. The van der Waals surface area contributed by atoms with Gasteiger partial charge in [0, 0.05) is 24.0 Å². The van der Waals surface area contributed by atoms with E-state index in [1.807, 2.05) is 0 Å². The van der Waals surface area contributed by atoms with Gasteiger partial charge in [0.1, 0.15) is 17.3 Å². The summed E-state index contributed by atoms with van der Waals surface area (Å²) in [6.45, 7) is 0.0483. The van der Waals surface area contributed by atoms with Gasteiger partial charge in [0.2, 0.25) is 0 Å². The van der Waals surface area contributed by atoms with Gasteiger partial charge in [-0.3, -0.25) is 0 Å². The lowest BCUT2D eigenvalue weighted by molar-refractivity contribution is 0.0690. The van der Waals surface area contributed by atoms with Gasteiger partial charge in [-0.15, -0.1) is 0 Å². The maximum Gasteiger partial charge on any atom is 0.354 e. The Morgan fingerprint density at radius 2 is 2.05 bits per heavy atom. The Labute approximate surface area is 107 Å². The fourth-order valence-electron chi connectivity index (χ4n) is 1.53. The number of anilines is 1. The summed E-state index contributed by atoms with van der Waals surface area (Å²) in [4.78, 5) is 14.4. The quantitative estimate of drug-likeness (QED) is 0.891. The summed E-state index contributed by atoms with van der Waals surface area (Å²) < 4.78 is 26.3. The second-order valence-corrected chi connectivity index (χ2v) is 3.82. The summed E-state index contributed by atoms with van der Waals surface area (Å²) in [5.41, 5.74) is 0.509. The molecule has 98 valence electrons. The number of pyridine rings is 1. The van der Waals surface area contributed by atoms with E-state index < -0.39 is 17.6 Å². The van der Waals surface area contributed by atoms with Gasteiger partial charge in [-0.1, -0.05) is 0 Å². The molecule has 0 aliphatic rings. The molecule has 1 aromatic heterocycles. The van der Waals surface area contributed by atoms with E-state index in [-0.39, 0.29) is 17.8 Å². The molecule has 0 bridgehead atoms. The zero-order chi connectivity index (χ0) is 13.8. The van der Waals surface area contributed by atoms with Crippen LogP contribution in [0, 0.1) is 11.6 Å². The second-order valence-electron chi connectivity index (χ2n) is 3.82. The average Bonchev–Trinajstić information content (AvgIpc) is 2.40. The van der Waals surface area contributed by atoms with Gasteiger partial charge >= 0.3 is 5.97 Å². The Bertz CT molecular complexity index is 617. The number of carboxylic acid groups (broad SMARTS) is 1. The third-order valence-electron chi connectivity index (χ3n) is 2.47. The summed E-state index contributed by atoms with van der Waals surface area (Å²) in [5.74, 6) is -2.21. The molecular weight excluding hydrogens is 254 g/mol. The number of halogens is 2. The van der Waals surface area contributed by atoms with E-state index in [0.29, 0.717) is 5.69 Å². The second kappa shape index (κ2) is 5.43. The van der Waals surface area contributed by atoms with Gasteiger partial charge in [0.25, 0.3) is 0 Å². The van der Waals surface area contributed by atoms with Crippen LogP contribution in [0.3, 0.4) is 0 Å². The number of aromatic carboxylic acids is 1. The summed E-state index contributed by atoms with van der Waals surface area (Å²) in [5, 5.41) is 11.6. The minimum atomic E-state index is -1.15. The molecule has 2 rings (SSSR count). The highest BCUT2D eigenvalue weighted by Crippen LogP contribution is 2.13. The fourth-order valence-corrected chi connectivity index (χ4v) is 1.53. The zero-order valence-electron chi connectivity index (χ0n) is 9.73. The molecular formula is C13H10F2N2O2. The lowest BCUT2D eigenvalue weighted by Gasteiger charge is -2.08. The normalized spacial score (nSPS) is 10.2. The number of nitrogens with zero attached hydrogens (tertiary/aromatic N) is 1. The third-order valence-corrected chi connectivity index (χ3v) is 2.47. The molecule has 2 aromatic rings. The molecule has 4 nitrogen and oxygen atoms in total. The van der Waals surface area contributed by atoms with Crippen LogP contribution in [0.15, 0.2) is 36.5 Å². The van der Waals surface area contributed by atoms with Gasteiger partial charge in [0.05, 0.1) is 0 Å². The predicted octanol–water partition coefficient (Wildman–Crippen LogP) is 2.67. The first-order valence-corrected chi connectivity index (χ1v) is 5.43. The topological polar surface area (TPSA) is 62.2 Å². The summed E-state index contributed by atoms with van der Waals surface area (Å²) in [6.07, 6.45) is 1.33. The van der Waals surface area contributed by atoms with E-state index in [4.69, 9.17) is 5.11 Å². The lowest BCUT2D eigenvalue weighted by Crippen LogP contribution is -2.05. The maximum absolute atomic E-state index is 13.4. The van der Waals surface area contributed by atoms with Crippen molar-refractivity contribution >= 4 is 11.7 Å². The molecule has 0 spiro atoms. The van der Waals surface area contributed by atoms with E-state index in [0.717, 1.165) is 18.2 Å². The molecule has 0 aliphatic carbocycles. The predicted molar refractivity (Wildman–Crippen MR) is 64.9 cm³/mol. The zero-order valence-corrected chi connectivity index (χ0v) is 9.73. The molecule has 0 amide bonds. The molecule has 1 aromatic carbocycles. The number of nitrogens with one attached hydrogen (secondary N) is 1.